The molecule has 1 atom stereocenters. The molecule has 1 aliphatic carbocycles. The highest BCUT2D eigenvalue weighted by Gasteiger charge is 2.35. The van der Waals surface area contributed by atoms with E-state index in [1.165, 1.54) is 0 Å². The second kappa shape index (κ2) is 9.04. The van der Waals surface area contributed by atoms with Gasteiger partial charge in [-0.2, -0.15) is 0 Å². The molecule has 0 unspecified atom stereocenters. The van der Waals surface area contributed by atoms with Crippen molar-refractivity contribution in [3.63, 3.8) is 0 Å². The molecule has 1 heterocycles. The van der Waals surface area contributed by atoms with Crippen LogP contribution in [0.5, 0.6) is 0 Å². The fourth-order valence-corrected chi connectivity index (χ4v) is 3.88. The molecular formula is C23H27ClN2O4. The van der Waals surface area contributed by atoms with Crippen molar-refractivity contribution in [2.45, 2.75) is 46.6 Å². The van der Waals surface area contributed by atoms with Crippen molar-refractivity contribution in [3.8, 4) is 0 Å². The summed E-state index contributed by atoms with van der Waals surface area (Å²) in [5, 5.41) is 0.363. The van der Waals surface area contributed by atoms with Crippen molar-refractivity contribution < 1.29 is 19.1 Å². The quantitative estimate of drug-likeness (QED) is 0.490. The fraction of sp³-hybridized carbons (Fsp3) is 0.435. The lowest BCUT2D eigenvalue weighted by atomic mass is 9.99. The first kappa shape index (κ1) is 22.1. The number of esters is 1. The Morgan fingerprint density at radius 1 is 1.23 bits per heavy atom. The van der Waals surface area contributed by atoms with Crippen LogP contribution >= 0.6 is 11.6 Å². The molecule has 0 aliphatic heterocycles. The third kappa shape index (κ3) is 4.43. The molecule has 1 aromatic heterocycles. The number of hydrogen-bond donors (Lipinski definition) is 1. The summed E-state index contributed by atoms with van der Waals surface area (Å²) in [6.45, 7) is 7.68. The van der Waals surface area contributed by atoms with Gasteiger partial charge in [0.05, 0.1) is 23.2 Å². The van der Waals surface area contributed by atoms with Gasteiger partial charge >= 0.3 is 5.97 Å². The molecule has 6 nitrogen and oxygen atoms in total. The molecule has 1 amide bonds. The van der Waals surface area contributed by atoms with E-state index in [1.54, 1.807) is 56.9 Å². The van der Waals surface area contributed by atoms with Gasteiger partial charge in [-0.1, -0.05) is 23.7 Å². The molecule has 1 saturated carbocycles. The predicted molar refractivity (Wildman–Crippen MR) is 115 cm³/mol. The lowest BCUT2D eigenvalue weighted by Crippen LogP contribution is -2.44. The Hall–Kier alpha value is -2.60. The van der Waals surface area contributed by atoms with Gasteiger partial charge in [0.2, 0.25) is 0 Å². The predicted octanol–water partition coefficient (Wildman–Crippen LogP) is 4.59. The van der Waals surface area contributed by atoms with Gasteiger partial charge < -0.3 is 14.6 Å². The number of aryl methyl sites for hydroxylation is 1. The molecule has 0 radical (unpaired) electrons. The first-order chi connectivity index (χ1) is 14.3. The molecule has 3 rings (SSSR count). The van der Waals surface area contributed by atoms with Gasteiger partial charge in [-0.05, 0) is 64.2 Å². The Morgan fingerprint density at radius 3 is 2.50 bits per heavy atom. The van der Waals surface area contributed by atoms with E-state index >= 15 is 0 Å². The van der Waals surface area contributed by atoms with E-state index in [2.05, 4.69) is 4.98 Å². The third-order valence-electron chi connectivity index (χ3n) is 5.53. The summed E-state index contributed by atoms with van der Waals surface area (Å²) in [7, 11) is 0. The van der Waals surface area contributed by atoms with Gasteiger partial charge in [0, 0.05) is 17.8 Å². The van der Waals surface area contributed by atoms with Crippen LogP contribution < -0.4 is 0 Å². The monoisotopic (exact) mass is 430 g/mol. The molecule has 30 heavy (non-hydrogen) atoms. The summed E-state index contributed by atoms with van der Waals surface area (Å²) in [5.74, 6) is -0.565. The largest absolute Gasteiger partial charge is 0.461 e. The number of hydrogen-bond acceptors (Lipinski definition) is 4. The number of carbonyl (C=O) groups excluding carboxylic acids is 3. The number of benzene rings is 1. The summed E-state index contributed by atoms with van der Waals surface area (Å²) < 4.78 is 5.07. The average Bonchev–Trinajstić information content (AvgIpc) is 3.48. The number of H-pyrrole nitrogens is 1. The second-order valence-electron chi connectivity index (χ2n) is 7.77. The highest BCUT2D eigenvalue weighted by atomic mass is 35.5. The minimum Gasteiger partial charge on any atom is -0.461 e. The molecule has 160 valence electrons. The molecule has 7 heteroatoms. The highest BCUT2D eigenvalue weighted by molar-refractivity contribution is 6.33. The maximum absolute atomic E-state index is 13.4. The number of carbonyl (C=O) groups is 3. The van der Waals surface area contributed by atoms with E-state index in [-0.39, 0.29) is 24.0 Å². The molecular weight excluding hydrogens is 404 g/mol. The van der Waals surface area contributed by atoms with Crippen LogP contribution in [0.4, 0.5) is 0 Å². The average molecular weight is 431 g/mol. The van der Waals surface area contributed by atoms with Gasteiger partial charge in [-0.15, -0.1) is 0 Å². The number of aromatic nitrogens is 1. The van der Waals surface area contributed by atoms with Crippen LogP contribution in [0.25, 0.3) is 0 Å². The van der Waals surface area contributed by atoms with E-state index in [1.807, 2.05) is 0 Å². The molecule has 1 fully saturated rings. The number of aromatic amines is 1. The van der Waals surface area contributed by atoms with Crippen molar-refractivity contribution in [3.05, 3.63) is 57.4 Å². The van der Waals surface area contributed by atoms with Gasteiger partial charge in [0.25, 0.3) is 5.91 Å². The van der Waals surface area contributed by atoms with Crippen LogP contribution in [0.3, 0.4) is 0 Å². The standard InChI is InChI=1S/C23H27ClN2O4/c1-5-30-23(29)20-13(2)19(14(3)25-20)21(27)15(4)26(12-16-10-11-16)22(28)17-8-6-7-9-18(17)24/h6-9,15-16,25H,5,10-12H2,1-4H3/t15-/m0/s1. The number of nitrogens with one attached hydrogen (secondary N) is 1. The van der Waals surface area contributed by atoms with E-state index in [0.29, 0.717) is 39.9 Å². The van der Waals surface area contributed by atoms with Crippen LogP contribution in [0, 0.1) is 19.8 Å². The molecule has 2 aromatic rings. The summed E-state index contributed by atoms with van der Waals surface area (Å²) in [4.78, 5) is 43.5. The topological polar surface area (TPSA) is 79.5 Å². The number of ketones is 1. The zero-order valence-corrected chi connectivity index (χ0v) is 18.5. The first-order valence-electron chi connectivity index (χ1n) is 10.2. The SMILES string of the molecule is CCOC(=O)c1[nH]c(C)c(C(=O)[C@H](C)N(CC2CC2)C(=O)c2ccccc2Cl)c1C. The van der Waals surface area contributed by atoms with E-state index in [0.717, 1.165) is 12.8 Å². The van der Waals surface area contributed by atoms with Crippen LogP contribution in [-0.2, 0) is 4.74 Å². The smallest absolute Gasteiger partial charge is 0.355 e. The Morgan fingerprint density at radius 2 is 1.90 bits per heavy atom. The van der Waals surface area contributed by atoms with Crippen LogP contribution in [-0.4, -0.2) is 46.7 Å². The summed E-state index contributed by atoms with van der Waals surface area (Å²) >= 11 is 6.25. The van der Waals surface area contributed by atoms with Gasteiger partial charge in [0.15, 0.2) is 5.78 Å². The minimum atomic E-state index is -0.697. The van der Waals surface area contributed by atoms with Crippen molar-refractivity contribution in [1.82, 2.24) is 9.88 Å². The highest BCUT2D eigenvalue weighted by Crippen LogP contribution is 2.32. The summed E-state index contributed by atoms with van der Waals surface area (Å²) in [6, 6.07) is 6.17. The Labute approximate surface area is 181 Å². The summed E-state index contributed by atoms with van der Waals surface area (Å²) in [6.07, 6.45) is 2.09. The number of halogens is 1. The first-order valence-corrected chi connectivity index (χ1v) is 10.6. The maximum atomic E-state index is 13.4. The van der Waals surface area contributed by atoms with E-state index in [9.17, 15) is 14.4 Å². The number of ether oxygens (including phenoxy) is 1. The molecule has 1 N–H and O–H groups in total. The number of amides is 1. The zero-order valence-electron chi connectivity index (χ0n) is 17.8. The fourth-order valence-electron chi connectivity index (χ4n) is 3.66. The molecule has 0 bridgehead atoms. The summed E-state index contributed by atoms with van der Waals surface area (Å²) in [5.41, 5.74) is 2.21. The Bertz CT molecular complexity index is 978. The minimum absolute atomic E-state index is 0.210. The third-order valence-corrected chi connectivity index (χ3v) is 5.86. The van der Waals surface area contributed by atoms with Crippen molar-refractivity contribution in [2.75, 3.05) is 13.2 Å². The van der Waals surface area contributed by atoms with Crippen LogP contribution in [0.2, 0.25) is 5.02 Å². The Kier molecular flexibility index (Phi) is 6.66. The number of rotatable bonds is 8. The van der Waals surface area contributed by atoms with Gasteiger partial charge in [-0.25, -0.2) is 4.79 Å². The van der Waals surface area contributed by atoms with Crippen molar-refractivity contribution >= 4 is 29.3 Å². The van der Waals surface area contributed by atoms with E-state index in [4.69, 9.17) is 16.3 Å². The second-order valence-corrected chi connectivity index (χ2v) is 8.17. The van der Waals surface area contributed by atoms with Crippen molar-refractivity contribution in [1.29, 1.82) is 0 Å². The van der Waals surface area contributed by atoms with Crippen LogP contribution in [0.15, 0.2) is 24.3 Å². The molecule has 0 saturated heterocycles. The lowest BCUT2D eigenvalue weighted by Gasteiger charge is -2.29. The number of nitrogens with zero attached hydrogens (tertiary/aromatic N) is 1. The number of Topliss-reactive ketones (excluding diaryl/α,β-unsaturated/α-hetero) is 1. The maximum Gasteiger partial charge on any atom is 0.355 e. The van der Waals surface area contributed by atoms with Crippen LogP contribution in [0.1, 0.15) is 69.2 Å². The molecule has 0 spiro atoms. The Balaban J connectivity index is 1.92. The van der Waals surface area contributed by atoms with Gasteiger partial charge in [0.1, 0.15) is 5.69 Å². The molecule has 1 aromatic carbocycles. The van der Waals surface area contributed by atoms with Gasteiger partial charge in [-0.3, -0.25) is 9.59 Å². The normalized spacial score (nSPS) is 14.3. The van der Waals surface area contributed by atoms with E-state index < -0.39 is 12.0 Å². The zero-order chi connectivity index (χ0) is 22.0. The molecule has 1 aliphatic rings. The lowest BCUT2D eigenvalue weighted by molar-refractivity contribution is 0.0518. The van der Waals surface area contributed by atoms with Crippen molar-refractivity contribution in [2.24, 2.45) is 5.92 Å².